The zero-order chi connectivity index (χ0) is 17.6. The van der Waals surface area contributed by atoms with Crippen LogP contribution in [0.25, 0.3) is 15.9 Å². The number of benzene rings is 1. The van der Waals surface area contributed by atoms with Gasteiger partial charge in [-0.3, -0.25) is 14.1 Å². The van der Waals surface area contributed by atoms with Crippen LogP contribution in [-0.4, -0.2) is 26.3 Å². The molecule has 0 aliphatic rings. The predicted molar refractivity (Wildman–Crippen MR) is 97.5 cm³/mol. The highest BCUT2D eigenvalue weighted by Crippen LogP contribution is 2.18. The summed E-state index contributed by atoms with van der Waals surface area (Å²) in [5.41, 5.74) is 2.60. The fourth-order valence-corrected chi connectivity index (χ4v) is 3.86. The molecule has 4 aromatic rings. The summed E-state index contributed by atoms with van der Waals surface area (Å²) in [6.45, 7) is 3.18. The average molecular weight is 356 g/mol. The lowest BCUT2D eigenvalue weighted by atomic mass is 10.2. The number of aromatic amines is 1. The number of halogens is 1. The highest BCUT2D eigenvalue weighted by atomic mass is 32.1. The van der Waals surface area contributed by atoms with Crippen molar-refractivity contribution in [1.29, 1.82) is 0 Å². The molecule has 0 bridgehead atoms. The molecule has 0 saturated carbocycles. The van der Waals surface area contributed by atoms with Crippen LogP contribution >= 0.6 is 11.3 Å². The van der Waals surface area contributed by atoms with E-state index in [9.17, 15) is 9.18 Å². The standard InChI is InChI=1S/C18H17FN4OS/c1-11-8-23-17(24)7-15(21-18(23)25-11)10-22(2)9-14-6-12-5-13(19)3-4-16(12)20-14/h3-8,20H,9-10H2,1-2H3. The van der Waals surface area contributed by atoms with Gasteiger partial charge in [0.05, 0.1) is 5.69 Å². The zero-order valence-corrected chi connectivity index (χ0v) is 14.7. The van der Waals surface area contributed by atoms with Crippen molar-refractivity contribution >= 4 is 27.2 Å². The van der Waals surface area contributed by atoms with Gasteiger partial charge >= 0.3 is 0 Å². The van der Waals surface area contributed by atoms with E-state index in [1.54, 1.807) is 16.5 Å². The van der Waals surface area contributed by atoms with E-state index in [2.05, 4.69) is 14.9 Å². The van der Waals surface area contributed by atoms with Crippen molar-refractivity contribution in [3.8, 4) is 0 Å². The molecule has 5 nitrogen and oxygen atoms in total. The van der Waals surface area contributed by atoms with Crippen LogP contribution in [0.4, 0.5) is 4.39 Å². The highest BCUT2D eigenvalue weighted by molar-refractivity contribution is 7.16. The van der Waals surface area contributed by atoms with Crippen molar-refractivity contribution in [1.82, 2.24) is 19.3 Å². The third kappa shape index (κ3) is 3.20. The van der Waals surface area contributed by atoms with Gasteiger partial charge in [0.2, 0.25) is 0 Å². The summed E-state index contributed by atoms with van der Waals surface area (Å²) in [6.07, 6.45) is 1.81. The van der Waals surface area contributed by atoms with Crippen LogP contribution in [0.2, 0.25) is 0 Å². The molecule has 0 aliphatic heterocycles. The first-order chi connectivity index (χ1) is 12.0. The molecule has 7 heteroatoms. The van der Waals surface area contributed by atoms with Gasteiger partial charge in [0.25, 0.3) is 5.56 Å². The van der Waals surface area contributed by atoms with Crippen LogP contribution in [0.5, 0.6) is 0 Å². The lowest BCUT2D eigenvalue weighted by Gasteiger charge is -2.15. The molecule has 0 atom stereocenters. The first-order valence-corrected chi connectivity index (χ1v) is 8.74. The van der Waals surface area contributed by atoms with Crippen LogP contribution < -0.4 is 5.56 Å². The normalized spacial score (nSPS) is 11.8. The van der Waals surface area contributed by atoms with Gasteiger partial charge in [-0.25, -0.2) is 9.37 Å². The molecule has 25 heavy (non-hydrogen) atoms. The van der Waals surface area contributed by atoms with Crippen molar-refractivity contribution in [2.24, 2.45) is 0 Å². The van der Waals surface area contributed by atoms with Crippen LogP contribution in [-0.2, 0) is 13.1 Å². The van der Waals surface area contributed by atoms with E-state index in [-0.39, 0.29) is 11.4 Å². The van der Waals surface area contributed by atoms with E-state index in [0.29, 0.717) is 13.1 Å². The van der Waals surface area contributed by atoms with Gasteiger partial charge in [-0.05, 0) is 38.2 Å². The molecule has 0 saturated heterocycles. The Labute approximate surface area is 147 Å². The molecule has 3 aromatic heterocycles. The summed E-state index contributed by atoms with van der Waals surface area (Å²) in [5, 5.41) is 0.857. The van der Waals surface area contributed by atoms with Gasteiger partial charge in [-0.15, -0.1) is 11.3 Å². The maximum absolute atomic E-state index is 13.3. The van der Waals surface area contributed by atoms with E-state index in [1.165, 1.54) is 23.5 Å². The number of thiazole rings is 1. The van der Waals surface area contributed by atoms with Gasteiger partial charge in [0.15, 0.2) is 4.96 Å². The molecule has 0 radical (unpaired) electrons. The molecule has 1 N–H and O–H groups in total. The van der Waals surface area contributed by atoms with Crippen LogP contribution in [0.1, 0.15) is 16.3 Å². The molecule has 0 unspecified atom stereocenters. The molecular formula is C18H17FN4OS. The Kier molecular flexibility index (Phi) is 3.89. The first kappa shape index (κ1) is 16.0. The summed E-state index contributed by atoms with van der Waals surface area (Å²) in [7, 11) is 1.97. The fourth-order valence-electron chi connectivity index (χ4n) is 3.01. The zero-order valence-electron chi connectivity index (χ0n) is 13.9. The number of hydrogen-bond acceptors (Lipinski definition) is 4. The predicted octanol–water partition coefficient (Wildman–Crippen LogP) is 3.32. The first-order valence-electron chi connectivity index (χ1n) is 7.92. The number of fused-ring (bicyclic) bond motifs is 2. The number of nitrogens with zero attached hydrogens (tertiary/aromatic N) is 3. The number of nitrogens with one attached hydrogen (secondary N) is 1. The van der Waals surface area contributed by atoms with E-state index in [1.807, 2.05) is 26.2 Å². The number of hydrogen-bond donors (Lipinski definition) is 1. The van der Waals surface area contributed by atoms with E-state index >= 15 is 0 Å². The second-order valence-electron chi connectivity index (χ2n) is 6.28. The largest absolute Gasteiger partial charge is 0.357 e. The molecular weight excluding hydrogens is 339 g/mol. The maximum atomic E-state index is 13.3. The number of H-pyrrole nitrogens is 1. The number of aromatic nitrogens is 3. The molecule has 1 aromatic carbocycles. The Bertz CT molecular complexity index is 1130. The topological polar surface area (TPSA) is 53.4 Å². The van der Waals surface area contributed by atoms with Crippen molar-refractivity contribution in [2.45, 2.75) is 20.0 Å². The lowest BCUT2D eigenvalue weighted by molar-refractivity contribution is 0.312. The second kappa shape index (κ2) is 6.09. The summed E-state index contributed by atoms with van der Waals surface area (Å²) in [6, 6.07) is 8.23. The van der Waals surface area contributed by atoms with Gasteiger partial charge < -0.3 is 4.98 Å². The van der Waals surface area contributed by atoms with Crippen molar-refractivity contribution in [2.75, 3.05) is 7.05 Å². The van der Waals surface area contributed by atoms with Crippen molar-refractivity contribution in [3.63, 3.8) is 0 Å². The molecule has 0 fully saturated rings. The van der Waals surface area contributed by atoms with E-state index in [0.717, 1.165) is 32.1 Å². The lowest BCUT2D eigenvalue weighted by Crippen LogP contribution is -2.21. The van der Waals surface area contributed by atoms with Gasteiger partial charge in [0, 0.05) is 46.8 Å². The monoisotopic (exact) mass is 356 g/mol. The average Bonchev–Trinajstić information content (AvgIpc) is 3.09. The Morgan fingerprint density at radius 2 is 2.12 bits per heavy atom. The minimum atomic E-state index is -0.240. The molecule has 3 heterocycles. The Hall–Kier alpha value is -2.51. The summed E-state index contributed by atoms with van der Waals surface area (Å²) >= 11 is 1.51. The molecule has 128 valence electrons. The third-order valence-corrected chi connectivity index (χ3v) is 4.94. The Morgan fingerprint density at radius 3 is 2.96 bits per heavy atom. The quantitative estimate of drug-likeness (QED) is 0.610. The smallest absolute Gasteiger partial charge is 0.258 e. The maximum Gasteiger partial charge on any atom is 0.258 e. The summed E-state index contributed by atoms with van der Waals surface area (Å²) in [4.78, 5) is 23.9. The van der Waals surface area contributed by atoms with Crippen LogP contribution in [0.3, 0.4) is 0 Å². The fraction of sp³-hybridized carbons (Fsp3) is 0.222. The minimum Gasteiger partial charge on any atom is -0.357 e. The van der Waals surface area contributed by atoms with Crippen LogP contribution in [0, 0.1) is 12.7 Å². The van der Waals surface area contributed by atoms with Crippen LogP contribution in [0.15, 0.2) is 41.3 Å². The molecule has 4 rings (SSSR count). The number of aryl methyl sites for hydroxylation is 1. The van der Waals surface area contributed by atoms with E-state index < -0.39 is 0 Å². The molecule has 0 amide bonds. The van der Waals surface area contributed by atoms with Gasteiger partial charge in [-0.2, -0.15) is 0 Å². The molecule has 0 spiro atoms. The van der Waals surface area contributed by atoms with Gasteiger partial charge in [0.1, 0.15) is 5.82 Å². The summed E-state index contributed by atoms with van der Waals surface area (Å²) in [5.74, 6) is -0.240. The van der Waals surface area contributed by atoms with Crippen molar-refractivity contribution < 1.29 is 4.39 Å². The number of rotatable bonds is 4. The second-order valence-corrected chi connectivity index (χ2v) is 7.49. The molecule has 0 aliphatic carbocycles. The third-order valence-electron chi connectivity index (χ3n) is 4.05. The minimum absolute atomic E-state index is 0.0566. The van der Waals surface area contributed by atoms with Crippen molar-refractivity contribution in [3.05, 3.63) is 69.0 Å². The van der Waals surface area contributed by atoms with E-state index in [4.69, 9.17) is 0 Å². The van der Waals surface area contributed by atoms with Gasteiger partial charge in [-0.1, -0.05) is 0 Å². The SMILES string of the molecule is Cc1cn2c(=O)cc(CN(C)Cc3cc4cc(F)ccc4[nH]3)nc2s1. The summed E-state index contributed by atoms with van der Waals surface area (Å²) < 4.78 is 14.9. The Balaban J connectivity index is 1.54. The highest BCUT2D eigenvalue weighted by Gasteiger charge is 2.10. The Morgan fingerprint density at radius 1 is 1.28 bits per heavy atom.